The maximum Gasteiger partial charge on any atom is 0.225 e. The number of hydrogen-bond acceptors (Lipinski definition) is 3. The molecule has 1 unspecified atom stereocenters. The second-order valence-corrected chi connectivity index (χ2v) is 6.62. The van der Waals surface area contributed by atoms with E-state index in [-0.39, 0.29) is 17.6 Å². The number of hydrogen-bond donors (Lipinski definition) is 0. The van der Waals surface area contributed by atoms with Gasteiger partial charge in [0, 0.05) is 54.3 Å². The first kappa shape index (κ1) is 17.1. The van der Waals surface area contributed by atoms with Crippen molar-refractivity contribution in [2.75, 3.05) is 31.1 Å². The third kappa shape index (κ3) is 4.37. The van der Waals surface area contributed by atoms with Crippen molar-refractivity contribution in [3.63, 3.8) is 0 Å². The van der Waals surface area contributed by atoms with E-state index in [4.69, 9.17) is 23.2 Å². The molecule has 6 heteroatoms. The molecule has 1 saturated heterocycles. The molecule has 0 N–H and O–H groups in total. The van der Waals surface area contributed by atoms with Crippen LogP contribution in [0.25, 0.3) is 0 Å². The fraction of sp³-hybridized carbons (Fsp3) is 0.500. The lowest BCUT2D eigenvalue weighted by Crippen LogP contribution is -2.50. The van der Waals surface area contributed by atoms with Crippen LogP contribution < -0.4 is 4.90 Å². The van der Waals surface area contributed by atoms with Crippen LogP contribution in [0.3, 0.4) is 0 Å². The summed E-state index contributed by atoms with van der Waals surface area (Å²) in [4.78, 5) is 27.4. The van der Waals surface area contributed by atoms with E-state index in [1.54, 1.807) is 6.07 Å². The third-order valence-electron chi connectivity index (χ3n) is 3.82. The number of carbonyl (C=O) groups excluding carboxylic acids is 2. The first-order chi connectivity index (χ1) is 10.4. The summed E-state index contributed by atoms with van der Waals surface area (Å²) >= 11 is 12.1. The second-order valence-electron chi connectivity index (χ2n) is 5.75. The molecule has 1 aliphatic rings. The van der Waals surface area contributed by atoms with Crippen LogP contribution in [-0.2, 0) is 9.59 Å². The molecule has 1 aromatic carbocycles. The number of carbonyl (C=O) groups is 2. The molecule has 4 nitrogen and oxygen atoms in total. The molecule has 0 aliphatic carbocycles. The standard InChI is InChI=1S/C16H20Cl2N2O2/c1-11(7-12(2)21)16(22)20-5-3-19(4-6-20)15-9-13(17)8-14(18)10-15/h8-11H,3-7H2,1-2H3. The van der Waals surface area contributed by atoms with Gasteiger partial charge in [-0.2, -0.15) is 0 Å². The topological polar surface area (TPSA) is 40.6 Å². The van der Waals surface area contributed by atoms with Gasteiger partial charge in [-0.15, -0.1) is 0 Å². The number of halogens is 2. The molecule has 1 heterocycles. The van der Waals surface area contributed by atoms with E-state index < -0.39 is 0 Å². The molecular formula is C16H20Cl2N2O2. The van der Waals surface area contributed by atoms with Gasteiger partial charge < -0.3 is 14.6 Å². The lowest BCUT2D eigenvalue weighted by molar-refractivity contribution is -0.137. The van der Waals surface area contributed by atoms with Crippen molar-refractivity contribution in [1.82, 2.24) is 4.90 Å². The lowest BCUT2D eigenvalue weighted by Gasteiger charge is -2.37. The van der Waals surface area contributed by atoms with Gasteiger partial charge in [-0.1, -0.05) is 30.1 Å². The van der Waals surface area contributed by atoms with Crippen molar-refractivity contribution in [3.05, 3.63) is 28.2 Å². The van der Waals surface area contributed by atoms with Gasteiger partial charge in [0.15, 0.2) is 0 Å². The number of piperazine rings is 1. The molecule has 1 aliphatic heterocycles. The molecule has 1 amide bonds. The number of rotatable bonds is 4. The zero-order chi connectivity index (χ0) is 16.3. The highest BCUT2D eigenvalue weighted by molar-refractivity contribution is 6.35. The highest BCUT2D eigenvalue weighted by Crippen LogP contribution is 2.26. The van der Waals surface area contributed by atoms with Crippen molar-refractivity contribution in [2.45, 2.75) is 20.3 Å². The monoisotopic (exact) mass is 342 g/mol. The van der Waals surface area contributed by atoms with Gasteiger partial charge in [0.05, 0.1) is 0 Å². The van der Waals surface area contributed by atoms with Crippen molar-refractivity contribution >= 4 is 40.6 Å². The molecule has 1 atom stereocenters. The molecule has 0 spiro atoms. The molecule has 0 bridgehead atoms. The molecule has 22 heavy (non-hydrogen) atoms. The Bertz CT molecular complexity index is 549. The van der Waals surface area contributed by atoms with Crippen molar-refractivity contribution in [1.29, 1.82) is 0 Å². The van der Waals surface area contributed by atoms with Crippen LogP contribution in [0.15, 0.2) is 18.2 Å². The van der Waals surface area contributed by atoms with Gasteiger partial charge in [-0.05, 0) is 25.1 Å². The van der Waals surface area contributed by atoms with Crippen LogP contribution in [0.5, 0.6) is 0 Å². The van der Waals surface area contributed by atoms with Crippen LogP contribution in [0.1, 0.15) is 20.3 Å². The Kier molecular flexibility index (Phi) is 5.70. The summed E-state index contributed by atoms with van der Waals surface area (Å²) in [6.45, 7) is 6.08. The number of benzene rings is 1. The molecule has 2 rings (SSSR count). The van der Waals surface area contributed by atoms with E-state index in [1.165, 1.54) is 6.92 Å². The molecule has 0 radical (unpaired) electrons. The van der Waals surface area contributed by atoms with E-state index in [2.05, 4.69) is 4.90 Å². The smallest absolute Gasteiger partial charge is 0.225 e. The minimum atomic E-state index is -0.246. The van der Waals surface area contributed by atoms with E-state index in [0.29, 0.717) is 29.6 Å². The highest BCUT2D eigenvalue weighted by atomic mass is 35.5. The Morgan fingerprint density at radius 1 is 1.09 bits per heavy atom. The van der Waals surface area contributed by atoms with Gasteiger partial charge in [-0.25, -0.2) is 0 Å². The Labute approximate surface area is 141 Å². The molecule has 0 aromatic heterocycles. The average Bonchev–Trinajstić information content (AvgIpc) is 2.45. The van der Waals surface area contributed by atoms with Crippen molar-refractivity contribution in [2.24, 2.45) is 5.92 Å². The van der Waals surface area contributed by atoms with Crippen LogP contribution >= 0.6 is 23.2 Å². The Morgan fingerprint density at radius 3 is 2.14 bits per heavy atom. The number of Topliss-reactive ketones (excluding diaryl/α,β-unsaturated/α-hetero) is 1. The van der Waals surface area contributed by atoms with Crippen molar-refractivity contribution < 1.29 is 9.59 Å². The summed E-state index contributed by atoms with van der Waals surface area (Å²) in [7, 11) is 0. The number of anilines is 1. The summed E-state index contributed by atoms with van der Waals surface area (Å²) < 4.78 is 0. The predicted octanol–water partition coefficient (Wildman–Crippen LogP) is 3.26. The maximum atomic E-state index is 12.3. The normalized spacial score (nSPS) is 16.5. The highest BCUT2D eigenvalue weighted by Gasteiger charge is 2.25. The van der Waals surface area contributed by atoms with Crippen LogP contribution in [0.2, 0.25) is 10.0 Å². The predicted molar refractivity (Wildman–Crippen MR) is 89.7 cm³/mol. The Hall–Kier alpha value is -1.26. The zero-order valence-electron chi connectivity index (χ0n) is 12.8. The average molecular weight is 343 g/mol. The SMILES string of the molecule is CC(=O)CC(C)C(=O)N1CCN(c2cc(Cl)cc(Cl)c2)CC1. The molecular weight excluding hydrogens is 323 g/mol. The first-order valence-corrected chi connectivity index (χ1v) is 8.11. The maximum absolute atomic E-state index is 12.3. The fourth-order valence-electron chi connectivity index (χ4n) is 2.74. The number of amides is 1. The fourth-order valence-corrected chi connectivity index (χ4v) is 3.25. The Morgan fingerprint density at radius 2 is 1.64 bits per heavy atom. The quantitative estimate of drug-likeness (QED) is 0.843. The van der Waals surface area contributed by atoms with E-state index in [0.717, 1.165) is 18.8 Å². The molecule has 120 valence electrons. The minimum absolute atomic E-state index is 0.0491. The zero-order valence-corrected chi connectivity index (χ0v) is 14.3. The van der Waals surface area contributed by atoms with E-state index >= 15 is 0 Å². The number of nitrogens with zero attached hydrogens (tertiary/aromatic N) is 2. The largest absolute Gasteiger partial charge is 0.368 e. The van der Waals surface area contributed by atoms with Gasteiger partial charge in [0.25, 0.3) is 0 Å². The van der Waals surface area contributed by atoms with Crippen LogP contribution in [0.4, 0.5) is 5.69 Å². The second kappa shape index (κ2) is 7.34. The van der Waals surface area contributed by atoms with Gasteiger partial charge >= 0.3 is 0 Å². The molecule has 0 saturated carbocycles. The molecule has 1 aromatic rings. The summed E-state index contributed by atoms with van der Waals surface area (Å²) in [5.41, 5.74) is 0.974. The first-order valence-electron chi connectivity index (χ1n) is 7.36. The minimum Gasteiger partial charge on any atom is -0.368 e. The van der Waals surface area contributed by atoms with Gasteiger partial charge in [0.1, 0.15) is 5.78 Å². The van der Waals surface area contributed by atoms with E-state index in [9.17, 15) is 9.59 Å². The lowest BCUT2D eigenvalue weighted by atomic mass is 10.0. The van der Waals surface area contributed by atoms with Crippen molar-refractivity contribution in [3.8, 4) is 0 Å². The summed E-state index contributed by atoms with van der Waals surface area (Å²) in [6.07, 6.45) is 0.308. The van der Waals surface area contributed by atoms with Crippen LogP contribution in [-0.4, -0.2) is 42.8 Å². The molecule has 1 fully saturated rings. The number of ketones is 1. The third-order valence-corrected chi connectivity index (χ3v) is 4.26. The van der Waals surface area contributed by atoms with Crippen LogP contribution in [0, 0.1) is 5.92 Å². The summed E-state index contributed by atoms with van der Waals surface area (Å²) in [5.74, 6) is -0.142. The van der Waals surface area contributed by atoms with Gasteiger partial charge in [0.2, 0.25) is 5.91 Å². The summed E-state index contributed by atoms with van der Waals surface area (Å²) in [6, 6.07) is 5.46. The Balaban J connectivity index is 1.95. The summed E-state index contributed by atoms with van der Waals surface area (Å²) in [5, 5.41) is 1.21. The van der Waals surface area contributed by atoms with Gasteiger partial charge in [-0.3, -0.25) is 4.79 Å². The van der Waals surface area contributed by atoms with E-state index in [1.807, 2.05) is 24.0 Å².